The Hall–Kier alpha value is -3.75. The molecule has 0 spiro atoms. The number of aromatic nitrogens is 2. The number of nitrogens with one attached hydrogen (secondary N) is 1. The second-order valence-corrected chi connectivity index (χ2v) is 6.26. The van der Waals surface area contributed by atoms with Gasteiger partial charge in [0.25, 0.3) is 5.56 Å². The van der Waals surface area contributed by atoms with E-state index in [1.54, 1.807) is 18.2 Å². The maximum absolute atomic E-state index is 13.7. The van der Waals surface area contributed by atoms with Crippen LogP contribution in [0.15, 0.2) is 53.3 Å². The first-order chi connectivity index (χ1) is 14.4. The van der Waals surface area contributed by atoms with Crippen LogP contribution in [0.25, 0.3) is 11.3 Å². The molecule has 1 N–H and O–H groups in total. The smallest absolute Gasteiger partial charge is 0.267 e. The average molecular weight is 415 g/mol. The number of benzene rings is 2. The van der Waals surface area contributed by atoms with Crippen molar-refractivity contribution < 1.29 is 23.0 Å². The molecule has 30 heavy (non-hydrogen) atoms. The van der Waals surface area contributed by atoms with E-state index in [1.165, 1.54) is 32.4 Å². The van der Waals surface area contributed by atoms with Gasteiger partial charge < -0.3 is 14.8 Å². The minimum atomic E-state index is -0.766. The van der Waals surface area contributed by atoms with Crippen molar-refractivity contribution in [3.63, 3.8) is 0 Å². The summed E-state index contributed by atoms with van der Waals surface area (Å²) in [6.45, 7) is -0.773. The Morgan fingerprint density at radius 3 is 2.47 bits per heavy atom. The van der Waals surface area contributed by atoms with Crippen molar-refractivity contribution in [3.05, 3.63) is 76.1 Å². The molecule has 0 atom stereocenters. The molecule has 0 radical (unpaired) electrons. The summed E-state index contributed by atoms with van der Waals surface area (Å²) in [5, 5.41) is 6.61. The van der Waals surface area contributed by atoms with Gasteiger partial charge in [0.15, 0.2) is 0 Å². The molecule has 0 bridgehead atoms. The highest BCUT2D eigenvalue weighted by Crippen LogP contribution is 2.31. The minimum Gasteiger partial charge on any atom is -0.497 e. The van der Waals surface area contributed by atoms with Crippen molar-refractivity contribution in [3.8, 4) is 22.8 Å². The molecule has 3 aromatic rings. The fraction of sp³-hybridized carbons (Fsp3) is 0.190. The van der Waals surface area contributed by atoms with E-state index in [0.717, 1.165) is 16.8 Å². The third kappa shape index (κ3) is 4.62. The second kappa shape index (κ2) is 9.17. The Labute approximate surface area is 170 Å². The number of carbonyl (C=O) groups is 1. The fourth-order valence-electron chi connectivity index (χ4n) is 2.80. The largest absolute Gasteiger partial charge is 0.497 e. The Balaban J connectivity index is 1.81. The summed E-state index contributed by atoms with van der Waals surface area (Å²) in [5.41, 5.74) is 0.187. The molecule has 0 aliphatic rings. The first kappa shape index (κ1) is 21.0. The van der Waals surface area contributed by atoms with E-state index in [0.29, 0.717) is 22.8 Å². The van der Waals surface area contributed by atoms with E-state index in [9.17, 15) is 18.4 Å². The fourth-order valence-corrected chi connectivity index (χ4v) is 2.80. The zero-order chi connectivity index (χ0) is 21.7. The van der Waals surface area contributed by atoms with E-state index >= 15 is 0 Å². The third-order valence-electron chi connectivity index (χ3n) is 4.37. The zero-order valence-electron chi connectivity index (χ0n) is 16.3. The van der Waals surface area contributed by atoms with Gasteiger partial charge in [-0.25, -0.2) is 13.5 Å². The molecule has 1 heterocycles. The number of hydrogen-bond donors (Lipinski definition) is 1. The Morgan fingerprint density at radius 1 is 1.07 bits per heavy atom. The van der Waals surface area contributed by atoms with Gasteiger partial charge in [0.2, 0.25) is 5.91 Å². The molecule has 156 valence electrons. The molecule has 9 heteroatoms. The highest BCUT2D eigenvalue weighted by Gasteiger charge is 2.14. The maximum atomic E-state index is 13.7. The Morgan fingerprint density at radius 2 is 1.80 bits per heavy atom. The van der Waals surface area contributed by atoms with Crippen LogP contribution < -0.4 is 20.3 Å². The number of nitrogens with zero attached hydrogens (tertiary/aromatic N) is 2. The van der Waals surface area contributed by atoms with Crippen LogP contribution in [0.5, 0.6) is 11.5 Å². The Kier molecular flexibility index (Phi) is 6.41. The van der Waals surface area contributed by atoms with E-state index in [4.69, 9.17) is 9.47 Å². The van der Waals surface area contributed by atoms with Crippen LogP contribution in [0, 0.1) is 11.6 Å². The van der Waals surface area contributed by atoms with Crippen LogP contribution in [-0.2, 0) is 17.9 Å². The van der Waals surface area contributed by atoms with Crippen LogP contribution in [0.2, 0.25) is 0 Å². The quantitative estimate of drug-likeness (QED) is 0.641. The van der Waals surface area contributed by atoms with Gasteiger partial charge in [-0.05, 0) is 36.4 Å². The van der Waals surface area contributed by atoms with Gasteiger partial charge in [0.05, 0.1) is 19.9 Å². The van der Waals surface area contributed by atoms with Gasteiger partial charge in [-0.2, -0.15) is 5.10 Å². The minimum absolute atomic E-state index is 0.263. The summed E-state index contributed by atoms with van der Waals surface area (Å²) in [5.74, 6) is -1.08. The molecule has 0 aliphatic heterocycles. The average Bonchev–Trinajstić information content (AvgIpc) is 2.74. The van der Waals surface area contributed by atoms with Crippen LogP contribution in [0.4, 0.5) is 8.78 Å². The molecular formula is C21H19F2N3O4. The molecule has 0 fully saturated rings. The molecular weight excluding hydrogens is 396 g/mol. The lowest BCUT2D eigenvalue weighted by molar-refractivity contribution is -0.122. The van der Waals surface area contributed by atoms with Crippen LogP contribution in [0.1, 0.15) is 5.56 Å². The van der Waals surface area contributed by atoms with Gasteiger partial charge in [-0.3, -0.25) is 9.59 Å². The summed E-state index contributed by atoms with van der Waals surface area (Å²) in [7, 11) is 3.01. The molecule has 0 saturated carbocycles. The maximum Gasteiger partial charge on any atom is 0.267 e. The number of amides is 1. The highest BCUT2D eigenvalue weighted by atomic mass is 19.1. The zero-order valence-corrected chi connectivity index (χ0v) is 16.3. The van der Waals surface area contributed by atoms with Gasteiger partial charge in [0, 0.05) is 23.7 Å². The van der Waals surface area contributed by atoms with Crippen molar-refractivity contribution in [2.45, 2.75) is 13.1 Å². The lowest BCUT2D eigenvalue weighted by atomic mass is 10.1. The van der Waals surface area contributed by atoms with Crippen molar-refractivity contribution >= 4 is 5.91 Å². The van der Waals surface area contributed by atoms with E-state index < -0.39 is 29.6 Å². The number of hydrogen-bond acceptors (Lipinski definition) is 5. The third-order valence-corrected chi connectivity index (χ3v) is 4.37. The highest BCUT2D eigenvalue weighted by molar-refractivity contribution is 5.75. The van der Waals surface area contributed by atoms with Crippen LogP contribution >= 0.6 is 0 Å². The van der Waals surface area contributed by atoms with Gasteiger partial charge in [0.1, 0.15) is 29.7 Å². The number of carbonyl (C=O) groups excluding carboxylic acids is 1. The van der Waals surface area contributed by atoms with Crippen molar-refractivity contribution in [1.29, 1.82) is 0 Å². The summed E-state index contributed by atoms with van der Waals surface area (Å²) in [6, 6.07) is 11.3. The first-order valence-electron chi connectivity index (χ1n) is 8.93. The summed E-state index contributed by atoms with van der Waals surface area (Å²) in [4.78, 5) is 24.4. The van der Waals surface area contributed by atoms with E-state index in [1.807, 2.05) is 0 Å². The molecule has 1 aromatic heterocycles. The van der Waals surface area contributed by atoms with Gasteiger partial charge >= 0.3 is 0 Å². The predicted octanol–water partition coefficient (Wildman–Crippen LogP) is 2.52. The summed E-state index contributed by atoms with van der Waals surface area (Å²) >= 11 is 0. The lowest BCUT2D eigenvalue weighted by Crippen LogP contribution is -2.33. The molecule has 2 aromatic carbocycles. The van der Waals surface area contributed by atoms with Crippen LogP contribution in [0.3, 0.4) is 0 Å². The van der Waals surface area contributed by atoms with Crippen molar-refractivity contribution in [2.24, 2.45) is 0 Å². The molecule has 3 rings (SSSR count). The molecule has 1 amide bonds. The molecule has 0 unspecified atom stereocenters. The van der Waals surface area contributed by atoms with E-state index in [-0.39, 0.29) is 12.1 Å². The molecule has 0 saturated heterocycles. The molecule has 7 nitrogen and oxygen atoms in total. The van der Waals surface area contributed by atoms with Gasteiger partial charge in [-0.1, -0.05) is 6.07 Å². The van der Waals surface area contributed by atoms with E-state index in [2.05, 4.69) is 10.4 Å². The number of methoxy groups -OCH3 is 2. The van der Waals surface area contributed by atoms with Gasteiger partial charge in [-0.15, -0.1) is 0 Å². The first-order valence-corrected chi connectivity index (χ1v) is 8.93. The van der Waals surface area contributed by atoms with Crippen LogP contribution in [-0.4, -0.2) is 29.9 Å². The number of rotatable bonds is 7. The SMILES string of the molecule is COc1ccc(OC)c(-c2ccc(=O)n(CC(=O)NCc3c(F)cccc3F)n2)c1. The number of ether oxygens (including phenoxy) is 2. The monoisotopic (exact) mass is 415 g/mol. The van der Waals surface area contributed by atoms with Crippen molar-refractivity contribution in [2.75, 3.05) is 14.2 Å². The normalized spacial score (nSPS) is 10.5. The predicted molar refractivity (Wildman–Crippen MR) is 105 cm³/mol. The second-order valence-electron chi connectivity index (χ2n) is 6.26. The molecule has 0 aliphatic carbocycles. The summed E-state index contributed by atoms with van der Waals surface area (Å²) < 4.78 is 38.9. The standard InChI is InChI=1S/C21H19F2N3O4/c1-29-13-6-8-19(30-2)14(10-13)18-7-9-21(28)26(25-18)12-20(27)24-11-15-16(22)4-3-5-17(15)23/h3-10H,11-12H2,1-2H3,(H,24,27). The Bertz CT molecular complexity index is 1110. The summed E-state index contributed by atoms with van der Waals surface area (Å²) in [6.07, 6.45) is 0. The lowest BCUT2D eigenvalue weighted by Gasteiger charge is -2.12. The topological polar surface area (TPSA) is 82.5 Å². The number of halogens is 2. The van der Waals surface area contributed by atoms with Crippen molar-refractivity contribution in [1.82, 2.24) is 15.1 Å².